The standard InChI is InChI=1S/C14H23N5/c1-5-15-10-13-11(2)17-19(12(13)3)8-6-14-16-7-9-18(14)4/h7,9,15H,5-6,8,10H2,1-4H3. The molecule has 0 saturated carbocycles. The topological polar surface area (TPSA) is 47.7 Å². The van der Waals surface area contributed by atoms with Gasteiger partial charge in [-0.25, -0.2) is 4.98 Å². The predicted octanol–water partition coefficient (Wildman–Crippen LogP) is 1.59. The quantitative estimate of drug-likeness (QED) is 0.859. The summed E-state index contributed by atoms with van der Waals surface area (Å²) in [5, 5.41) is 8.00. The summed E-state index contributed by atoms with van der Waals surface area (Å²) < 4.78 is 4.15. The summed E-state index contributed by atoms with van der Waals surface area (Å²) in [6.07, 6.45) is 4.73. The molecular weight excluding hydrogens is 238 g/mol. The Balaban J connectivity index is 2.07. The summed E-state index contributed by atoms with van der Waals surface area (Å²) in [5.74, 6) is 1.10. The predicted molar refractivity (Wildman–Crippen MR) is 76.0 cm³/mol. The molecule has 0 fully saturated rings. The minimum absolute atomic E-state index is 0.879. The van der Waals surface area contributed by atoms with Crippen molar-refractivity contribution in [2.45, 2.75) is 40.3 Å². The lowest BCUT2D eigenvalue weighted by Gasteiger charge is -2.06. The Hall–Kier alpha value is -1.62. The molecule has 0 atom stereocenters. The van der Waals surface area contributed by atoms with Crippen LogP contribution in [-0.4, -0.2) is 25.9 Å². The van der Waals surface area contributed by atoms with Gasteiger partial charge in [0.15, 0.2) is 0 Å². The first-order valence-electron chi connectivity index (χ1n) is 6.83. The van der Waals surface area contributed by atoms with E-state index in [0.717, 1.165) is 37.6 Å². The Labute approximate surface area is 114 Å². The highest BCUT2D eigenvalue weighted by atomic mass is 15.3. The van der Waals surface area contributed by atoms with Gasteiger partial charge in [-0.05, 0) is 20.4 Å². The summed E-state index contributed by atoms with van der Waals surface area (Å²) in [6, 6.07) is 0. The molecule has 0 aliphatic heterocycles. The Bertz CT molecular complexity index is 538. The molecule has 104 valence electrons. The van der Waals surface area contributed by atoms with E-state index in [1.54, 1.807) is 0 Å². The zero-order valence-corrected chi connectivity index (χ0v) is 12.3. The number of hydrogen-bond donors (Lipinski definition) is 1. The molecule has 0 amide bonds. The van der Waals surface area contributed by atoms with E-state index in [1.807, 2.05) is 19.4 Å². The molecule has 0 aromatic carbocycles. The summed E-state index contributed by atoms with van der Waals surface area (Å²) >= 11 is 0. The van der Waals surface area contributed by atoms with E-state index in [-0.39, 0.29) is 0 Å². The van der Waals surface area contributed by atoms with Gasteiger partial charge in [0.2, 0.25) is 0 Å². The lowest BCUT2D eigenvalue weighted by molar-refractivity contribution is 0.571. The van der Waals surface area contributed by atoms with Gasteiger partial charge < -0.3 is 9.88 Å². The van der Waals surface area contributed by atoms with Gasteiger partial charge in [0.1, 0.15) is 5.82 Å². The van der Waals surface area contributed by atoms with Crippen LogP contribution in [0.4, 0.5) is 0 Å². The van der Waals surface area contributed by atoms with Gasteiger partial charge in [0.25, 0.3) is 0 Å². The fourth-order valence-electron chi connectivity index (χ4n) is 2.30. The van der Waals surface area contributed by atoms with E-state index in [2.05, 4.69) is 45.4 Å². The van der Waals surface area contributed by atoms with E-state index in [4.69, 9.17) is 0 Å². The van der Waals surface area contributed by atoms with Gasteiger partial charge in [-0.2, -0.15) is 5.10 Å². The number of imidazole rings is 1. The van der Waals surface area contributed by atoms with Crippen LogP contribution in [0.2, 0.25) is 0 Å². The molecule has 2 aromatic rings. The van der Waals surface area contributed by atoms with Crippen molar-refractivity contribution >= 4 is 0 Å². The average Bonchev–Trinajstić information content (AvgIpc) is 2.90. The SMILES string of the molecule is CCNCc1c(C)nn(CCc2nccn2C)c1C. The Kier molecular flexibility index (Phi) is 4.37. The molecule has 19 heavy (non-hydrogen) atoms. The largest absolute Gasteiger partial charge is 0.338 e. The van der Waals surface area contributed by atoms with Gasteiger partial charge >= 0.3 is 0 Å². The van der Waals surface area contributed by atoms with Gasteiger partial charge in [-0.1, -0.05) is 6.92 Å². The van der Waals surface area contributed by atoms with Crippen LogP contribution in [0.15, 0.2) is 12.4 Å². The van der Waals surface area contributed by atoms with Crippen molar-refractivity contribution in [3.05, 3.63) is 35.2 Å². The molecule has 2 rings (SSSR count). The number of hydrogen-bond acceptors (Lipinski definition) is 3. The first-order chi connectivity index (χ1) is 9.13. The van der Waals surface area contributed by atoms with Crippen molar-refractivity contribution in [1.82, 2.24) is 24.6 Å². The van der Waals surface area contributed by atoms with Crippen molar-refractivity contribution in [3.8, 4) is 0 Å². The van der Waals surface area contributed by atoms with E-state index < -0.39 is 0 Å². The number of aromatic nitrogens is 4. The van der Waals surface area contributed by atoms with Crippen LogP contribution in [0.25, 0.3) is 0 Å². The van der Waals surface area contributed by atoms with Gasteiger partial charge in [-0.15, -0.1) is 0 Å². The van der Waals surface area contributed by atoms with Crippen LogP contribution in [0.3, 0.4) is 0 Å². The lowest BCUT2D eigenvalue weighted by atomic mass is 10.2. The second-order valence-electron chi connectivity index (χ2n) is 4.86. The summed E-state index contributed by atoms with van der Waals surface area (Å²) in [5.41, 5.74) is 3.70. The monoisotopic (exact) mass is 261 g/mol. The van der Waals surface area contributed by atoms with Crippen molar-refractivity contribution in [1.29, 1.82) is 0 Å². The maximum absolute atomic E-state index is 4.63. The van der Waals surface area contributed by atoms with Crippen LogP contribution in [-0.2, 0) is 26.6 Å². The molecule has 1 N–H and O–H groups in total. The maximum Gasteiger partial charge on any atom is 0.110 e. The van der Waals surface area contributed by atoms with Crippen molar-refractivity contribution < 1.29 is 0 Å². The smallest absolute Gasteiger partial charge is 0.110 e. The average molecular weight is 261 g/mol. The third-order valence-corrected chi connectivity index (χ3v) is 3.55. The minimum Gasteiger partial charge on any atom is -0.338 e. The Morgan fingerprint density at radius 3 is 2.74 bits per heavy atom. The third-order valence-electron chi connectivity index (χ3n) is 3.55. The molecule has 0 aliphatic carbocycles. The molecule has 5 heteroatoms. The fourth-order valence-corrected chi connectivity index (χ4v) is 2.30. The lowest BCUT2D eigenvalue weighted by Crippen LogP contribution is -2.13. The summed E-state index contributed by atoms with van der Waals surface area (Å²) in [6.45, 7) is 9.11. The van der Waals surface area contributed by atoms with Crippen molar-refractivity contribution in [2.75, 3.05) is 6.54 Å². The summed E-state index contributed by atoms with van der Waals surface area (Å²) in [4.78, 5) is 4.35. The number of rotatable bonds is 6. The molecule has 0 aliphatic rings. The fraction of sp³-hybridized carbons (Fsp3) is 0.571. The van der Waals surface area contributed by atoms with E-state index in [9.17, 15) is 0 Å². The van der Waals surface area contributed by atoms with Crippen LogP contribution < -0.4 is 5.32 Å². The number of nitrogens with zero attached hydrogens (tertiary/aromatic N) is 4. The van der Waals surface area contributed by atoms with Crippen LogP contribution in [0.5, 0.6) is 0 Å². The first kappa shape index (κ1) is 13.8. The Morgan fingerprint density at radius 1 is 1.32 bits per heavy atom. The number of nitrogens with one attached hydrogen (secondary N) is 1. The van der Waals surface area contributed by atoms with Gasteiger partial charge in [0, 0.05) is 50.2 Å². The molecule has 0 radical (unpaired) electrons. The van der Waals surface area contributed by atoms with Crippen molar-refractivity contribution in [2.24, 2.45) is 7.05 Å². The highest BCUT2D eigenvalue weighted by Gasteiger charge is 2.11. The minimum atomic E-state index is 0.879. The van der Waals surface area contributed by atoms with Gasteiger partial charge in [0.05, 0.1) is 5.69 Å². The first-order valence-corrected chi connectivity index (χ1v) is 6.83. The second kappa shape index (κ2) is 6.02. The number of aryl methyl sites for hydroxylation is 4. The molecular formula is C14H23N5. The zero-order chi connectivity index (χ0) is 13.8. The zero-order valence-electron chi connectivity index (χ0n) is 12.3. The van der Waals surface area contributed by atoms with Crippen molar-refractivity contribution in [3.63, 3.8) is 0 Å². The Morgan fingerprint density at radius 2 is 2.11 bits per heavy atom. The maximum atomic E-state index is 4.63. The normalized spacial score (nSPS) is 11.2. The van der Waals surface area contributed by atoms with E-state index >= 15 is 0 Å². The molecule has 2 aromatic heterocycles. The molecule has 0 saturated heterocycles. The molecule has 0 spiro atoms. The molecule has 0 unspecified atom stereocenters. The highest BCUT2D eigenvalue weighted by Crippen LogP contribution is 2.13. The second-order valence-corrected chi connectivity index (χ2v) is 4.86. The third kappa shape index (κ3) is 3.04. The highest BCUT2D eigenvalue weighted by molar-refractivity contribution is 5.24. The van der Waals surface area contributed by atoms with Crippen LogP contribution in [0, 0.1) is 13.8 Å². The van der Waals surface area contributed by atoms with E-state index in [0.29, 0.717) is 0 Å². The molecule has 2 heterocycles. The molecule has 5 nitrogen and oxygen atoms in total. The van der Waals surface area contributed by atoms with Crippen LogP contribution in [0.1, 0.15) is 29.7 Å². The van der Waals surface area contributed by atoms with Crippen LogP contribution >= 0.6 is 0 Å². The van der Waals surface area contributed by atoms with Gasteiger partial charge in [-0.3, -0.25) is 4.68 Å². The van der Waals surface area contributed by atoms with E-state index in [1.165, 1.54) is 11.3 Å². The molecule has 0 bridgehead atoms. The summed E-state index contributed by atoms with van der Waals surface area (Å²) in [7, 11) is 2.03.